The monoisotopic (exact) mass is 448 g/mol. The summed E-state index contributed by atoms with van der Waals surface area (Å²) in [6.07, 6.45) is 1.45. The van der Waals surface area contributed by atoms with Crippen LogP contribution in [0.15, 0.2) is 54.1 Å². The van der Waals surface area contributed by atoms with Gasteiger partial charge in [0, 0.05) is 9.26 Å². The van der Waals surface area contributed by atoms with Gasteiger partial charge in [0.25, 0.3) is 5.91 Å². The van der Waals surface area contributed by atoms with E-state index in [2.05, 4.69) is 27.9 Å². The largest absolute Gasteiger partial charge is 0.482 e. The number of rotatable bonds is 6. The van der Waals surface area contributed by atoms with E-state index in [9.17, 15) is 14.9 Å². The molecule has 0 heterocycles. The molecular weight excluding hydrogens is 435 g/mol. The minimum Gasteiger partial charge on any atom is -0.482 e. The van der Waals surface area contributed by atoms with Crippen molar-refractivity contribution in [1.29, 1.82) is 5.26 Å². The summed E-state index contributed by atoms with van der Waals surface area (Å²) in [5, 5.41) is 20.4. The van der Waals surface area contributed by atoms with Gasteiger partial charge in [0.05, 0.1) is 0 Å². The smallest absolute Gasteiger partial charge is 0.341 e. The lowest BCUT2D eigenvalue weighted by Crippen LogP contribution is -2.13. The Morgan fingerprint density at radius 2 is 1.80 bits per heavy atom. The molecule has 0 atom stereocenters. The Labute approximate surface area is 157 Å². The summed E-state index contributed by atoms with van der Waals surface area (Å²) in [6, 6.07) is 15.5. The number of hydrogen-bond acceptors (Lipinski definition) is 4. The highest BCUT2D eigenvalue weighted by Gasteiger charge is 2.09. The molecule has 0 spiro atoms. The van der Waals surface area contributed by atoms with E-state index in [4.69, 9.17) is 9.84 Å². The van der Waals surface area contributed by atoms with Gasteiger partial charge in [0.1, 0.15) is 17.4 Å². The number of nitrogens with one attached hydrogen (secondary N) is 1. The molecule has 0 saturated heterocycles. The molecule has 0 aliphatic heterocycles. The first kappa shape index (κ1) is 18.5. The number of nitrogens with zero attached hydrogens (tertiary/aromatic N) is 1. The molecule has 0 aliphatic carbocycles. The topological polar surface area (TPSA) is 99.4 Å². The van der Waals surface area contributed by atoms with Crippen LogP contribution in [0.4, 0.5) is 5.69 Å². The Balaban J connectivity index is 2.08. The number of aliphatic carboxylic acids is 1. The Kier molecular flexibility index (Phi) is 6.54. The standard InChI is InChI=1S/C18H13IN2O4/c19-14-3-5-15(6-4-14)21-18(24)13(10-20)9-12-1-7-16(8-2-12)25-11-17(22)23/h1-9H,11H2,(H,21,24)(H,22,23)/b13-9+. The zero-order valence-corrected chi connectivity index (χ0v) is 15.1. The lowest BCUT2D eigenvalue weighted by molar-refractivity contribution is -0.139. The molecule has 0 fully saturated rings. The Hall–Kier alpha value is -2.86. The normalized spacial score (nSPS) is 10.6. The molecule has 0 saturated carbocycles. The Morgan fingerprint density at radius 1 is 1.16 bits per heavy atom. The molecule has 7 heteroatoms. The van der Waals surface area contributed by atoms with E-state index < -0.39 is 18.5 Å². The summed E-state index contributed by atoms with van der Waals surface area (Å²) in [7, 11) is 0. The van der Waals surface area contributed by atoms with Gasteiger partial charge in [0.2, 0.25) is 0 Å². The minimum absolute atomic E-state index is 0.0437. The van der Waals surface area contributed by atoms with Crippen LogP contribution in [-0.4, -0.2) is 23.6 Å². The van der Waals surface area contributed by atoms with Crippen LogP contribution in [0.1, 0.15) is 5.56 Å². The van der Waals surface area contributed by atoms with Crippen molar-refractivity contribution in [3.63, 3.8) is 0 Å². The van der Waals surface area contributed by atoms with Gasteiger partial charge in [0.15, 0.2) is 6.61 Å². The maximum Gasteiger partial charge on any atom is 0.341 e. The summed E-state index contributed by atoms with van der Waals surface area (Å²) in [6.45, 7) is -0.433. The first-order chi connectivity index (χ1) is 12.0. The number of nitriles is 1. The lowest BCUT2D eigenvalue weighted by atomic mass is 10.1. The predicted molar refractivity (Wildman–Crippen MR) is 101 cm³/mol. The SMILES string of the molecule is N#C/C(=C\c1ccc(OCC(=O)O)cc1)C(=O)Nc1ccc(I)cc1. The van der Waals surface area contributed by atoms with Gasteiger partial charge in [-0.25, -0.2) is 4.79 Å². The Morgan fingerprint density at radius 3 is 2.36 bits per heavy atom. The van der Waals surface area contributed by atoms with E-state index in [0.29, 0.717) is 17.0 Å². The highest BCUT2D eigenvalue weighted by Crippen LogP contribution is 2.16. The molecule has 0 bridgehead atoms. The third-order valence-electron chi connectivity index (χ3n) is 3.02. The van der Waals surface area contributed by atoms with Crippen LogP contribution in [0.5, 0.6) is 5.75 Å². The minimum atomic E-state index is -1.07. The van der Waals surface area contributed by atoms with Gasteiger partial charge in [-0.2, -0.15) is 5.26 Å². The van der Waals surface area contributed by atoms with E-state index in [1.165, 1.54) is 6.08 Å². The quantitative estimate of drug-likeness (QED) is 0.402. The summed E-state index contributed by atoms with van der Waals surface area (Å²) >= 11 is 2.16. The van der Waals surface area contributed by atoms with Gasteiger partial charge >= 0.3 is 5.97 Å². The van der Waals surface area contributed by atoms with E-state index >= 15 is 0 Å². The third kappa shape index (κ3) is 5.93. The number of halogens is 1. The molecule has 0 aliphatic rings. The van der Waals surface area contributed by atoms with E-state index in [-0.39, 0.29) is 5.57 Å². The molecule has 1 amide bonds. The fourth-order valence-corrected chi connectivity index (χ4v) is 2.21. The number of amides is 1. The highest BCUT2D eigenvalue weighted by molar-refractivity contribution is 14.1. The van der Waals surface area contributed by atoms with E-state index in [1.54, 1.807) is 36.4 Å². The van der Waals surface area contributed by atoms with Crippen LogP contribution in [0, 0.1) is 14.9 Å². The predicted octanol–water partition coefficient (Wildman–Crippen LogP) is 3.30. The maximum atomic E-state index is 12.2. The van der Waals surface area contributed by atoms with Crippen LogP contribution < -0.4 is 10.1 Å². The molecule has 25 heavy (non-hydrogen) atoms. The number of hydrogen-bond donors (Lipinski definition) is 2. The molecule has 126 valence electrons. The van der Waals surface area contributed by atoms with Gasteiger partial charge in [-0.05, 0) is 70.6 Å². The number of carbonyl (C=O) groups is 2. The first-order valence-corrected chi connectivity index (χ1v) is 8.19. The zero-order valence-electron chi connectivity index (χ0n) is 12.9. The van der Waals surface area contributed by atoms with Crippen molar-refractivity contribution in [3.8, 4) is 11.8 Å². The average Bonchev–Trinajstić information content (AvgIpc) is 2.60. The van der Waals surface area contributed by atoms with Crippen molar-refractivity contribution >= 4 is 46.2 Å². The van der Waals surface area contributed by atoms with Crippen LogP contribution in [0.3, 0.4) is 0 Å². The van der Waals surface area contributed by atoms with Gasteiger partial charge < -0.3 is 15.2 Å². The highest BCUT2D eigenvalue weighted by atomic mass is 127. The summed E-state index contributed by atoms with van der Waals surface area (Å²) in [4.78, 5) is 22.6. The molecule has 2 aromatic rings. The van der Waals surface area contributed by atoms with Crippen LogP contribution in [0.2, 0.25) is 0 Å². The summed E-state index contributed by atoms with van der Waals surface area (Å²) < 4.78 is 6.06. The second-order valence-corrected chi connectivity index (χ2v) is 6.13. The molecule has 2 rings (SSSR count). The van der Waals surface area contributed by atoms with Crippen molar-refractivity contribution in [3.05, 3.63) is 63.2 Å². The van der Waals surface area contributed by atoms with Crippen LogP contribution in [-0.2, 0) is 9.59 Å². The molecule has 2 aromatic carbocycles. The molecule has 0 radical (unpaired) electrons. The number of carbonyl (C=O) groups excluding carboxylic acids is 1. The van der Waals surface area contributed by atoms with Crippen molar-refractivity contribution in [2.75, 3.05) is 11.9 Å². The Bertz CT molecular complexity index is 837. The summed E-state index contributed by atoms with van der Waals surface area (Å²) in [5.74, 6) is -1.18. The zero-order chi connectivity index (χ0) is 18.2. The van der Waals surface area contributed by atoms with Crippen molar-refractivity contribution in [1.82, 2.24) is 0 Å². The third-order valence-corrected chi connectivity index (χ3v) is 3.74. The maximum absolute atomic E-state index is 12.2. The molecule has 0 unspecified atom stereocenters. The van der Waals surface area contributed by atoms with Crippen LogP contribution >= 0.6 is 22.6 Å². The fraction of sp³-hybridized carbons (Fsp3) is 0.0556. The molecule has 6 nitrogen and oxygen atoms in total. The average molecular weight is 448 g/mol. The number of carboxylic acid groups (broad SMARTS) is 1. The van der Waals surface area contributed by atoms with Crippen molar-refractivity contribution < 1.29 is 19.4 Å². The molecule has 2 N–H and O–H groups in total. The van der Waals surface area contributed by atoms with E-state index in [1.807, 2.05) is 18.2 Å². The first-order valence-electron chi connectivity index (χ1n) is 7.11. The van der Waals surface area contributed by atoms with Gasteiger partial charge in [-0.15, -0.1) is 0 Å². The number of benzene rings is 2. The number of ether oxygens (including phenoxy) is 1. The van der Waals surface area contributed by atoms with Gasteiger partial charge in [-0.1, -0.05) is 12.1 Å². The number of anilines is 1. The fourth-order valence-electron chi connectivity index (χ4n) is 1.85. The summed E-state index contributed by atoms with van der Waals surface area (Å²) in [5.41, 5.74) is 1.18. The second kappa shape index (κ2) is 8.84. The number of carboxylic acids is 1. The molecular formula is C18H13IN2O4. The molecule has 0 aromatic heterocycles. The van der Waals surface area contributed by atoms with E-state index in [0.717, 1.165) is 3.57 Å². The van der Waals surface area contributed by atoms with Crippen molar-refractivity contribution in [2.24, 2.45) is 0 Å². The van der Waals surface area contributed by atoms with Crippen LogP contribution in [0.25, 0.3) is 6.08 Å². The van der Waals surface area contributed by atoms with Gasteiger partial charge in [-0.3, -0.25) is 4.79 Å². The lowest BCUT2D eigenvalue weighted by Gasteiger charge is -2.05. The van der Waals surface area contributed by atoms with Crippen molar-refractivity contribution in [2.45, 2.75) is 0 Å². The second-order valence-electron chi connectivity index (χ2n) is 4.88.